The van der Waals surface area contributed by atoms with Gasteiger partial charge in [0.05, 0.1) is 124 Å². The number of aromatic nitrogens is 16. The second-order valence-corrected chi connectivity index (χ2v) is 47.4. The average Bonchev–Trinajstić information content (AvgIpc) is 1.63. The molecule has 8 aromatic heterocycles. The first-order valence-electron chi connectivity index (χ1n) is 43.8. The monoisotopic (exact) mass is 2230 g/mol. The summed E-state index contributed by atoms with van der Waals surface area (Å²) in [5.74, 6) is -0.887. The summed E-state index contributed by atoms with van der Waals surface area (Å²) >= 11 is 22.2. The van der Waals surface area contributed by atoms with Gasteiger partial charge in [0.2, 0.25) is 5.95 Å². The van der Waals surface area contributed by atoms with Crippen molar-refractivity contribution in [3.05, 3.63) is 129 Å². The lowest BCUT2D eigenvalue weighted by atomic mass is 10.1. The molecule has 6 aliphatic rings. The normalized spacial score (nSPS) is 29.3. The van der Waals surface area contributed by atoms with Crippen molar-refractivity contribution in [1.29, 1.82) is 0 Å². The van der Waals surface area contributed by atoms with Crippen molar-refractivity contribution < 1.29 is 149 Å². The van der Waals surface area contributed by atoms with Crippen LogP contribution in [-0.4, -0.2) is 321 Å². The smallest absolute Gasteiger partial charge is 0.386 e. The second kappa shape index (κ2) is 48.6. The number of ether oxygens (including phenoxy) is 16. The Morgan fingerprint density at radius 1 is 0.382 bits per heavy atom. The molecule has 8 aromatic rings. The molecule has 0 aromatic carbocycles. The van der Waals surface area contributed by atoms with Gasteiger partial charge in [-0.25, -0.2) is 61.9 Å². The third-order valence-corrected chi connectivity index (χ3v) is 31.4. The van der Waals surface area contributed by atoms with E-state index in [-0.39, 0.29) is 141 Å². The molecule has 6 aliphatic heterocycles. The maximum atomic E-state index is 15.8. The highest BCUT2D eigenvalue weighted by molar-refractivity contribution is 8.45. The molecule has 69 heteroatoms. The molecular weight excluding hydrogens is 2120 g/mol. The van der Waals surface area contributed by atoms with Crippen LogP contribution in [0.2, 0.25) is 0 Å². The van der Waals surface area contributed by atoms with Crippen LogP contribution in [0.25, 0.3) is 22.3 Å². The number of aliphatic hydroxyl groups excluding tert-OH is 1. The first-order valence-corrected chi connectivity index (χ1v) is 57.3. The molecule has 28 atom stereocenters. The number of nitrogens with two attached hydrogens (primary N) is 5. The van der Waals surface area contributed by atoms with Gasteiger partial charge in [0, 0.05) is 89.0 Å². The predicted molar refractivity (Wildman–Crippen MR) is 516 cm³/mol. The molecule has 6 fully saturated rings. The van der Waals surface area contributed by atoms with Gasteiger partial charge in [0.25, 0.3) is 11.1 Å². The maximum Gasteiger partial charge on any atom is 0.386 e. The molecule has 11 unspecified atom stereocenters. The predicted octanol–water partition coefficient (Wildman–Crippen LogP) is 1.94. The van der Waals surface area contributed by atoms with Crippen LogP contribution in [0.3, 0.4) is 0 Å². The van der Waals surface area contributed by atoms with E-state index < -0.39 is 242 Å². The number of fused-ring (bicyclic) bond motifs is 2. The zero-order chi connectivity index (χ0) is 104. The molecule has 6 saturated heterocycles. The number of methoxy groups -OCH3 is 5. The summed E-state index contributed by atoms with van der Waals surface area (Å²) < 4.78 is 242. The fraction of sp³-hybridized carbons (Fsp3) is 0.653. The Labute approximate surface area is 842 Å². The summed E-state index contributed by atoms with van der Waals surface area (Å²) in [6.45, 7) is -23.7. The van der Waals surface area contributed by atoms with Crippen molar-refractivity contribution >= 4 is 147 Å². The van der Waals surface area contributed by atoms with Crippen LogP contribution in [-0.2, 0) is 144 Å². The third-order valence-electron chi connectivity index (χ3n) is 23.3. The first kappa shape index (κ1) is 113. The Bertz CT molecular complexity index is 6480. The lowest BCUT2D eigenvalue weighted by Gasteiger charge is -2.30. The SMILES string of the molecule is COCCO[C@H]1C(O)[C@@H](COP(=O)(S)OC2[C@@H](COP(=O)(S)OC3[C@@H](COP(=O)(S)OC4[C@@H](COP(=O)(S)OC5[C@@H](COP(=O)(S)OC6C[C@H](n7cc(C)c(=O)[nH]c7=O)O[C@@H]6C)O[C@@H](n6cc(C)c(N)nc6=O)[C@H]5OCCOC)O[C@@H](n5cc(C)c(N)nc5=O)[C@H]4OCCOC)O[C@@H](n4cnc5c(N)ncnc54)[C@H]3OCCOC)O[C@@H](n3cnc4c(=O)[nH]c(N)nc43)[C@H]2OCCOC)O[C@H]1n1cc(C)c(N)nc1=O. The Hall–Kier alpha value is -6.96. The lowest BCUT2D eigenvalue weighted by Crippen LogP contribution is -2.41. The molecule has 0 radical (unpaired) electrons. The minimum atomic E-state index is -5.20. The lowest BCUT2D eigenvalue weighted by molar-refractivity contribution is -0.0827. The number of H-pyrrole nitrogens is 2. The number of hydrogen-bond acceptors (Lipinski definition) is 51. The fourth-order valence-electron chi connectivity index (χ4n) is 16.2. The molecule has 0 amide bonds. The zero-order valence-corrected chi connectivity index (χ0v) is 87.3. The van der Waals surface area contributed by atoms with E-state index in [1.807, 2.05) is 0 Å². The molecule has 0 spiro atoms. The van der Waals surface area contributed by atoms with Crippen LogP contribution >= 0.6 is 95.2 Å². The van der Waals surface area contributed by atoms with Gasteiger partial charge < -0.3 is 110 Å². The van der Waals surface area contributed by atoms with Gasteiger partial charge in [-0.05, 0) is 34.6 Å². The van der Waals surface area contributed by atoms with Gasteiger partial charge in [0.15, 0.2) is 53.8 Å². The molecular formula is C75H110N21O38P5S5. The highest BCUT2D eigenvalue weighted by atomic mass is 32.7. The number of nitrogens with one attached hydrogen (secondary N) is 2. The number of rotatable bonds is 51. The van der Waals surface area contributed by atoms with Crippen LogP contribution in [0.4, 0.5) is 29.2 Å². The molecule has 14 heterocycles. The van der Waals surface area contributed by atoms with Crippen LogP contribution < -0.4 is 62.5 Å². The molecule has 59 nitrogen and oxygen atoms in total. The number of anilines is 5. The molecule has 0 bridgehead atoms. The number of aryl methyl sites for hydroxylation is 4. The quantitative estimate of drug-likeness (QED) is 0.0147. The van der Waals surface area contributed by atoms with Crippen molar-refractivity contribution in [3.8, 4) is 0 Å². The number of hydrogen-bond donors (Lipinski definition) is 13. The molecule has 144 heavy (non-hydrogen) atoms. The molecule has 0 saturated carbocycles. The number of nitrogen functional groups attached to an aromatic ring is 5. The summed E-state index contributed by atoms with van der Waals surface area (Å²) in [6.07, 6.45) is -27.0. The van der Waals surface area contributed by atoms with Crippen molar-refractivity contribution in [2.45, 2.75) is 182 Å². The maximum absolute atomic E-state index is 15.8. The van der Waals surface area contributed by atoms with Crippen LogP contribution in [0.5, 0.6) is 0 Å². The number of thiol groups is 5. The van der Waals surface area contributed by atoms with E-state index in [9.17, 15) is 38.4 Å². The molecule has 13 N–H and O–H groups in total. The number of aliphatic hydroxyl groups is 1. The Kier molecular flexibility index (Phi) is 38.0. The Morgan fingerprint density at radius 2 is 0.715 bits per heavy atom. The molecule has 798 valence electrons. The summed E-state index contributed by atoms with van der Waals surface area (Å²) in [5, 5.41) is 11.8. The van der Waals surface area contributed by atoms with Crippen molar-refractivity contribution in [3.63, 3.8) is 0 Å². The van der Waals surface area contributed by atoms with Gasteiger partial charge in [-0.15, -0.1) is 0 Å². The number of aromatic amines is 2. The highest BCUT2D eigenvalue weighted by Gasteiger charge is 2.59. The van der Waals surface area contributed by atoms with E-state index in [0.717, 1.165) is 30.9 Å². The zero-order valence-electron chi connectivity index (χ0n) is 78.3. The Balaban J connectivity index is 0.760. The molecule has 14 rings (SSSR count). The summed E-state index contributed by atoms with van der Waals surface area (Å²) in [4.78, 5) is 118. The highest BCUT2D eigenvalue weighted by Crippen LogP contribution is 2.64. The summed E-state index contributed by atoms with van der Waals surface area (Å²) in [7, 11) is 6.84. The van der Waals surface area contributed by atoms with Crippen molar-refractivity contribution in [2.75, 3.05) is 163 Å². The van der Waals surface area contributed by atoms with Gasteiger partial charge in [-0.2, -0.15) is 19.9 Å². The van der Waals surface area contributed by atoms with Gasteiger partial charge >= 0.3 is 56.7 Å². The topological polar surface area (TPSA) is 742 Å². The van der Waals surface area contributed by atoms with E-state index in [1.165, 1.54) is 96.6 Å². The minimum Gasteiger partial charge on any atom is -0.387 e. The van der Waals surface area contributed by atoms with E-state index in [4.69, 9.17) is 150 Å². The fourth-order valence-corrected chi connectivity index (χ4v) is 23.7. The van der Waals surface area contributed by atoms with E-state index in [0.29, 0.717) is 5.56 Å². The van der Waals surface area contributed by atoms with Gasteiger partial charge in [-0.1, -0.05) is 61.2 Å². The first-order chi connectivity index (χ1) is 68.3. The van der Waals surface area contributed by atoms with Crippen molar-refractivity contribution in [1.82, 2.24) is 77.2 Å². The van der Waals surface area contributed by atoms with Crippen LogP contribution in [0.15, 0.2) is 72.5 Å². The van der Waals surface area contributed by atoms with Gasteiger partial charge in [-0.3, -0.25) is 92.2 Å². The number of nitrogens with zero attached hydrogens (tertiary/aromatic N) is 14. The van der Waals surface area contributed by atoms with E-state index in [1.54, 1.807) is 13.8 Å². The minimum absolute atomic E-state index is 0.0304. The van der Waals surface area contributed by atoms with Crippen LogP contribution in [0.1, 0.15) is 73.0 Å². The summed E-state index contributed by atoms with van der Waals surface area (Å²) in [6, 6.07) is 0. The van der Waals surface area contributed by atoms with Gasteiger partial charge in [0.1, 0.15) is 127 Å². The largest absolute Gasteiger partial charge is 0.387 e. The number of imidazole rings is 2. The van der Waals surface area contributed by atoms with E-state index in [2.05, 4.69) is 111 Å². The average molecular weight is 2230 g/mol. The second-order valence-electron chi connectivity index (χ2n) is 33.1. The molecule has 0 aliphatic carbocycles. The Morgan fingerprint density at radius 3 is 1.10 bits per heavy atom. The summed E-state index contributed by atoms with van der Waals surface area (Å²) in [5.41, 5.74) is 26.2. The van der Waals surface area contributed by atoms with Crippen LogP contribution in [0, 0.1) is 27.7 Å². The third kappa shape index (κ3) is 26.8. The standard InChI is InChI=1S/C75H110N21O38P5S5/c1-34-22-92(72(100)85-58(34)76)66-53(114-16-11-109-6)48(97)40(125-66)26-119-136(105,141)133-52-44(129-70(57(52)118-20-15-113-10)96-33-84-47-63(96)88-71(80)89-65(47)99)30-123-139(108,144)134-51-43(128-69(56(51)117-19-14-112-9)95-32-83-46-61(79)81-31-82-62(46)95)29-122-138(107,143)132-50-42(127-68(55(50)116-18-13-111-8)94-24-36(3)60(78)87-74(94)102)28-121-137(106,142)131-49-41(126-67(54(49)115-17-12-110-7)93-23-35(2)59(77)86-73(93)101)27-120-135(104,140)130-39-21-45(124-38(39)5)91-25-37(4)64(98)90-75(91)103/h22-25,31-33,38-45,48-57,66-70,97H,11-21,26-30H2,1-10H3,(H,104,140)(H,105,141)(H,106,142)(H,107,143)(H,108,144)(H2,76,85,100)(H2,77,86,101)(H2,78,87,102)(H2,79,81,82)(H,90,98,103)(H3,80,88,89,99)/t38-,39?,40-,41-,42-,43-,44-,45-,48?,49?,50?,51?,52?,53+,54+,55+,56+,57+,66-,67-,68-,69-,70-,135?,136?,137?,138?,139?/m1/s1. The van der Waals surface area contributed by atoms with E-state index >= 15 is 18.3 Å². The van der Waals surface area contributed by atoms with Crippen molar-refractivity contribution in [2.24, 2.45) is 0 Å².